The minimum Gasteiger partial charge on any atom is -0.354 e. The third-order valence-electron chi connectivity index (χ3n) is 7.02. The molecule has 0 spiro atoms. The smallest absolute Gasteiger partial charge is 0.328 e. The van der Waals surface area contributed by atoms with Crippen LogP contribution in [-0.2, 0) is 6.54 Å². The Bertz CT molecular complexity index is 1680. The molecule has 0 bridgehead atoms. The van der Waals surface area contributed by atoms with Gasteiger partial charge in [-0.05, 0) is 74.0 Å². The Morgan fingerprint density at radius 1 is 1.00 bits per heavy atom. The van der Waals surface area contributed by atoms with Crippen LogP contribution in [0.1, 0.15) is 41.8 Å². The van der Waals surface area contributed by atoms with Crippen LogP contribution in [0.3, 0.4) is 0 Å². The van der Waals surface area contributed by atoms with Crippen LogP contribution in [0.2, 0.25) is 0 Å². The highest BCUT2D eigenvalue weighted by Gasteiger charge is 2.34. The molecule has 9 nitrogen and oxygen atoms in total. The summed E-state index contributed by atoms with van der Waals surface area (Å²) in [7, 11) is 0. The van der Waals surface area contributed by atoms with Gasteiger partial charge in [0.1, 0.15) is 23.1 Å². The summed E-state index contributed by atoms with van der Waals surface area (Å²) in [5.74, 6) is -2.55. The first kappa shape index (κ1) is 30.5. The van der Waals surface area contributed by atoms with Gasteiger partial charge in [0.15, 0.2) is 5.82 Å². The molecule has 5 rings (SSSR count). The molecule has 3 aromatic carbocycles. The van der Waals surface area contributed by atoms with Gasteiger partial charge in [0.2, 0.25) is 5.95 Å². The molecule has 4 N–H and O–H groups in total. The highest BCUT2D eigenvalue weighted by molar-refractivity contribution is 6.05. The number of halogens is 3. The molecule has 0 aliphatic carbocycles. The number of nitrogens with one attached hydrogen (secondary N) is 4. The van der Waals surface area contributed by atoms with E-state index in [4.69, 9.17) is 4.98 Å². The first-order chi connectivity index (χ1) is 21.1. The van der Waals surface area contributed by atoms with Gasteiger partial charge < -0.3 is 21.3 Å². The van der Waals surface area contributed by atoms with E-state index >= 15 is 0 Å². The third kappa shape index (κ3) is 6.65. The Kier molecular flexibility index (Phi) is 9.09. The molecule has 1 aliphatic rings. The van der Waals surface area contributed by atoms with Gasteiger partial charge in [0.25, 0.3) is 5.91 Å². The fourth-order valence-corrected chi connectivity index (χ4v) is 4.81. The molecule has 1 aliphatic heterocycles. The van der Waals surface area contributed by atoms with Crippen molar-refractivity contribution in [2.45, 2.75) is 39.8 Å². The first-order valence-corrected chi connectivity index (χ1v) is 14.2. The van der Waals surface area contributed by atoms with Crippen molar-refractivity contribution in [1.29, 1.82) is 0 Å². The molecular weight excluding hydrogens is 571 g/mol. The molecule has 0 saturated carbocycles. The van der Waals surface area contributed by atoms with Crippen molar-refractivity contribution in [2.24, 2.45) is 0 Å². The second-order valence-electron chi connectivity index (χ2n) is 10.6. The van der Waals surface area contributed by atoms with Crippen LogP contribution in [0.15, 0.2) is 60.7 Å². The predicted octanol–water partition coefficient (Wildman–Crippen LogP) is 6.28. The highest BCUT2D eigenvalue weighted by Crippen LogP contribution is 2.39. The first-order valence-electron chi connectivity index (χ1n) is 14.2. The molecule has 0 atom stereocenters. The van der Waals surface area contributed by atoms with Crippen molar-refractivity contribution in [3.63, 3.8) is 0 Å². The Hall–Kier alpha value is -4.97. The molecule has 4 aromatic rings. The van der Waals surface area contributed by atoms with Crippen molar-refractivity contribution in [1.82, 2.24) is 20.6 Å². The van der Waals surface area contributed by atoms with Crippen molar-refractivity contribution in [2.75, 3.05) is 28.6 Å². The topological polar surface area (TPSA) is 111 Å². The number of anilines is 4. The number of fused-ring (bicyclic) bond motifs is 1. The van der Waals surface area contributed by atoms with Crippen molar-refractivity contribution >= 4 is 35.1 Å². The number of aromatic nitrogens is 2. The van der Waals surface area contributed by atoms with Crippen LogP contribution in [0.25, 0.3) is 11.3 Å². The Labute approximate surface area is 252 Å². The summed E-state index contributed by atoms with van der Waals surface area (Å²) in [5.41, 5.74) is 2.27. The summed E-state index contributed by atoms with van der Waals surface area (Å²) >= 11 is 0. The maximum atomic E-state index is 15.0. The molecule has 0 unspecified atom stereocenters. The van der Waals surface area contributed by atoms with Gasteiger partial charge in [-0.3, -0.25) is 4.79 Å². The minimum absolute atomic E-state index is 0.0138. The number of nitrogens with zero attached hydrogens (tertiary/aromatic N) is 3. The van der Waals surface area contributed by atoms with Gasteiger partial charge in [-0.1, -0.05) is 26.0 Å². The van der Waals surface area contributed by atoms with E-state index in [9.17, 15) is 22.8 Å². The minimum atomic E-state index is -0.932. The Morgan fingerprint density at radius 2 is 1.73 bits per heavy atom. The summed E-state index contributed by atoms with van der Waals surface area (Å²) in [6.07, 6.45) is 0.734. The Balaban J connectivity index is 1.58. The second kappa shape index (κ2) is 13.1. The maximum Gasteiger partial charge on any atom is 0.328 e. The molecule has 2 heterocycles. The zero-order chi connectivity index (χ0) is 31.4. The van der Waals surface area contributed by atoms with E-state index in [1.165, 1.54) is 30.3 Å². The number of hydrogen-bond donors (Lipinski definition) is 4. The van der Waals surface area contributed by atoms with Gasteiger partial charge in [0.05, 0.1) is 12.2 Å². The summed E-state index contributed by atoms with van der Waals surface area (Å²) in [5, 5.41) is 11.9. The molecule has 1 aromatic heterocycles. The molecule has 228 valence electrons. The monoisotopic (exact) mass is 603 g/mol. The van der Waals surface area contributed by atoms with Gasteiger partial charge in [-0.25, -0.2) is 27.8 Å². The average molecular weight is 604 g/mol. The summed E-state index contributed by atoms with van der Waals surface area (Å²) < 4.78 is 43.3. The fraction of sp³-hybridized carbons (Fsp3) is 0.250. The number of benzene rings is 3. The normalized spacial score (nSPS) is 12.6. The molecular formula is C32H32F3N7O2. The third-order valence-corrected chi connectivity index (χ3v) is 7.02. The molecule has 0 radical (unpaired) electrons. The number of carbonyl (C=O) groups is 2. The fourth-order valence-electron chi connectivity index (χ4n) is 4.81. The van der Waals surface area contributed by atoms with E-state index in [0.717, 1.165) is 35.6 Å². The van der Waals surface area contributed by atoms with E-state index in [2.05, 4.69) is 26.3 Å². The number of hydrogen-bond acceptors (Lipinski definition) is 6. The number of rotatable bonds is 10. The lowest BCUT2D eigenvalue weighted by molar-refractivity contribution is 0.102. The SMILES string of the molecule is Cc1ccc(C(=O)Nc2ccc(F)cc2)cc1-c1nc(NCCCNC(C)C)nc2c1CNC(=O)N2c1c(F)cccc1F. The van der Waals surface area contributed by atoms with Crippen LogP contribution >= 0.6 is 0 Å². The van der Waals surface area contributed by atoms with Crippen molar-refractivity contribution in [3.05, 3.63) is 94.8 Å². The lowest BCUT2D eigenvalue weighted by Gasteiger charge is -2.31. The number of para-hydroxylation sites is 1. The maximum absolute atomic E-state index is 15.0. The van der Waals surface area contributed by atoms with Crippen LogP contribution in [0, 0.1) is 24.4 Å². The number of aryl methyl sites for hydroxylation is 1. The lowest BCUT2D eigenvalue weighted by Crippen LogP contribution is -2.43. The summed E-state index contributed by atoms with van der Waals surface area (Å²) in [6.45, 7) is 7.14. The van der Waals surface area contributed by atoms with Crippen LogP contribution in [-0.4, -0.2) is 41.0 Å². The van der Waals surface area contributed by atoms with Gasteiger partial charge in [0, 0.05) is 35.0 Å². The predicted molar refractivity (Wildman–Crippen MR) is 164 cm³/mol. The standard InChI is InChI=1S/C32H32F3N7O2/c1-18(2)36-14-5-15-37-31-40-27(23-16-20(9-8-19(23)3)30(43)39-22-12-10-21(33)11-13-22)24-17-38-32(44)42(29(24)41-31)28-25(34)6-4-7-26(28)35/h4,6-13,16,18,36H,5,14-15,17H2,1-3H3,(H,38,44)(H,39,43)(H,37,40,41). The van der Waals surface area contributed by atoms with E-state index in [-0.39, 0.29) is 18.3 Å². The van der Waals surface area contributed by atoms with E-state index < -0.39 is 35.1 Å². The molecule has 12 heteroatoms. The number of urea groups is 1. The van der Waals surface area contributed by atoms with Crippen LogP contribution in [0.4, 0.5) is 41.1 Å². The number of amides is 3. The average Bonchev–Trinajstić information content (AvgIpc) is 2.98. The van der Waals surface area contributed by atoms with Gasteiger partial charge in [-0.15, -0.1) is 0 Å². The molecule has 0 fully saturated rings. The van der Waals surface area contributed by atoms with Crippen LogP contribution in [0.5, 0.6) is 0 Å². The van der Waals surface area contributed by atoms with E-state index in [1.54, 1.807) is 18.2 Å². The van der Waals surface area contributed by atoms with E-state index in [1.807, 2.05) is 20.8 Å². The van der Waals surface area contributed by atoms with Crippen molar-refractivity contribution in [3.8, 4) is 11.3 Å². The largest absolute Gasteiger partial charge is 0.354 e. The molecule has 0 saturated heterocycles. The molecule has 44 heavy (non-hydrogen) atoms. The van der Waals surface area contributed by atoms with Crippen LogP contribution < -0.4 is 26.2 Å². The zero-order valence-electron chi connectivity index (χ0n) is 24.5. The van der Waals surface area contributed by atoms with Crippen molar-refractivity contribution < 1.29 is 22.8 Å². The summed E-state index contributed by atoms with van der Waals surface area (Å²) in [4.78, 5) is 36.4. The lowest BCUT2D eigenvalue weighted by atomic mass is 9.97. The number of carbonyl (C=O) groups excluding carboxylic acids is 2. The second-order valence-corrected chi connectivity index (χ2v) is 10.6. The molecule has 3 amide bonds. The summed E-state index contributed by atoms with van der Waals surface area (Å²) in [6, 6.07) is 13.4. The highest BCUT2D eigenvalue weighted by atomic mass is 19.1. The van der Waals surface area contributed by atoms with Gasteiger partial charge in [-0.2, -0.15) is 4.98 Å². The zero-order valence-corrected chi connectivity index (χ0v) is 24.5. The van der Waals surface area contributed by atoms with Gasteiger partial charge >= 0.3 is 6.03 Å². The Morgan fingerprint density at radius 3 is 2.43 bits per heavy atom. The van der Waals surface area contributed by atoms with E-state index in [0.29, 0.717) is 40.7 Å². The quantitative estimate of drug-likeness (QED) is 0.159.